The SMILES string of the molecule is O=C(C(O)C1CC1)N1CC2(CC2)[C@H](NS(=O)(=O)C(F)F)[C@@H]1Cc1cc(F)cc(-c2cc(F)cc(F)c2)c1F. The maximum atomic E-state index is 15.7. The summed E-state index contributed by atoms with van der Waals surface area (Å²) in [6, 6.07) is 1.21. The van der Waals surface area contributed by atoms with Crippen LogP contribution in [0.25, 0.3) is 11.1 Å². The van der Waals surface area contributed by atoms with Crippen LogP contribution in [0.1, 0.15) is 31.2 Å². The lowest BCUT2D eigenvalue weighted by Crippen LogP contribution is -2.52. The van der Waals surface area contributed by atoms with Crippen molar-refractivity contribution in [3.8, 4) is 11.1 Å². The number of carbonyl (C=O) groups is 1. The summed E-state index contributed by atoms with van der Waals surface area (Å²) < 4.78 is 111. The van der Waals surface area contributed by atoms with Gasteiger partial charge in [0.1, 0.15) is 29.4 Å². The Morgan fingerprint density at radius 3 is 2.18 bits per heavy atom. The van der Waals surface area contributed by atoms with Gasteiger partial charge in [0.15, 0.2) is 0 Å². The molecule has 0 aromatic heterocycles. The third kappa shape index (κ3) is 5.03. The molecular weight excluding hydrogens is 538 g/mol. The number of likely N-dealkylation sites (tertiary alicyclic amines) is 1. The third-order valence-corrected chi connectivity index (χ3v) is 8.72. The molecule has 1 unspecified atom stereocenters. The molecule has 5 rings (SSSR count). The molecule has 6 nitrogen and oxygen atoms in total. The van der Waals surface area contributed by atoms with Crippen molar-refractivity contribution in [1.82, 2.24) is 9.62 Å². The smallest absolute Gasteiger partial charge is 0.350 e. The minimum absolute atomic E-state index is 0.0599. The fourth-order valence-corrected chi connectivity index (χ4v) is 6.26. The predicted octanol–water partition coefficient (Wildman–Crippen LogP) is 3.73. The Labute approximate surface area is 214 Å². The number of nitrogens with one attached hydrogen (secondary N) is 1. The van der Waals surface area contributed by atoms with E-state index in [1.807, 2.05) is 4.72 Å². The van der Waals surface area contributed by atoms with Gasteiger partial charge in [0.05, 0.1) is 6.04 Å². The lowest BCUT2D eigenvalue weighted by Gasteiger charge is -2.31. The molecular formula is C25H24F6N2O4S. The predicted molar refractivity (Wildman–Crippen MR) is 123 cm³/mol. The first-order chi connectivity index (χ1) is 17.8. The van der Waals surface area contributed by atoms with E-state index in [0.29, 0.717) is 31.7 Å². The molecule has 2 aromatic rings. The maximum absolute atomic E-state index is 15.7. The Bertz CT molecular complexity index is 1360. The number of hydrogen-bond donors (Lipinski definition) is 2. The van der Waals surface area contributed by atoms with Gasteiger partial charge in [-0.15, -0.1) is 0 Å². The molecule has 13 heteroatoms. The molecule has 1 heterocycles. The Morgan fingerprint density at radius 2 is 1.63 bits per heavy atom. The molecule has 1 spiro atoms. The minimum Gasteiger partial charge on any atom is -0.383 e. The summed E-state index contributed by atoms with van der Waals surface area (Å²) in [5.41, 5.74) is -2.02. The van der Waals surface area contributed by atoms with Crippen LogP contribution in [0.3, 0.4) is 0 Å². The average Bonchev–Trinajstić information content (AvgIpc) is 3.75. The number of aliphatic hydroxyl groups excluding tert-OH is 1. The van der Waals surface area contributed by atoms with Crippen molar-refractivity contribution in [1.29, 1.82) is 0 Å². The molecule has 2 N–H and O–H groups in total. The molecule has 2 aromatic carbocycles. The lowest BCUT2D eigenvalue weighted by molar-refractivity contribution is -0.142. The fraction of sp³-hybridized carbons (Fsp3) is 0.480. The summed E-state index contributed by atoms with van der Waals surface area (Å²) in [6.45, 7) is -0.0599. The summed E-state index contributed by atoms with van der Waals surface area (Å²) in [4.78, 5) is 14.4. The molecule has 206 valence electrons. The number of alkyl halides is 2. The number of amides is 1. The van der Waals surface area contributed by atoms with Crippen molar-refractivity contribution in [2.24, 2.45) is 11.3 Å². The monoisotopic (exact) mass is 562 g/mol. The first-order valence-corrected chi connectivity index (χ1v) is 13.6. The number of aliphatic hydroxyl groups is 1. The van der Waals surface area contributed by atoms with Gasteiger partial charge in [-0.25, -0.2) is 30.7 Å². The minimum atomic E-state index is -5.13. The highest BCUT2D eigenvalue weighted by Gasteiger charge is 2.62. The molecule has 2 saturated carbocycles. The highest BCUT2D eigenvalue weighted by atomic mass is 32.2. The van der Waals surface area contributed by atoms with Gasteiger partial charge in [0.2, 0.25) is 0 Å². The molecule has 1 saturated heterocycles. The van der Waals surface area contributed by atoms with Crippen LogP contribution < -0.4 is 4.72 Å². The van der Waals surface area contributed by atoms with Crippen LogP contribution in [-0.4, -0.2) is 54.8 Å². The Balaban J connectivity index is 1.55. The van der Waals surface area contributed by atoms with E-state index in [0.717, 1.165) is 24.3 Å². The van der Waals surface area contributed by atoms with Crippen LogP contribution in [0.2, 0.25) is 0 Å². The van der Waals surface area contributed by atoms with Gasteiger partial charge in [0.25, 0.3) is 15.9 Å². The van der Waals surface area contributed by atoms with Crippen LogP contribution in [0.5, 0.6) is 0 Å². The standard InChI is InChI=1S/C25H24F6N2O4S/c26-15-5-13(6-16(27)9-15)18-10-17(28)7-14(20(18)29)8-19-22(32-38(36,37)24(30)31)25(3-4-25)11-33(19)23(35)21(34)12-1-2-12/h5-7,9-10,12,19,21-22,24,32,34H,1-4,8,11H2/t19-,21?,22+/m0/s1. The molecule has 1 aliphatic heterocycles. The normalized spacial score (nSPS) is 23.3. The Kier molecular flexibility index (Phi) is 6.75. The topological polar surface area (TPSA) is 86.7 Å². The first kappa shape index (κ1) is 26.9. The van der Waals surface area contributed by atoms with Gasteiger partial charge in [-0.2, -0.15) is 8.78 Å². The van der Waals surface area contributed by atoms with Gasteiger partial charge < -0.3 is 10.0 Å². The Hall–Kier alpha value is -2.64. The van der Waals surface area contributed by atoms with E-state index in [-0.39, 0.29) is 23.6 Å². The zero-order chi connectivity index (χ0) is 27.6. The van der Waals surface area contributed by atoms with E-state index in [9.17, 15) is 40.3 Å². The van der Waals surface area contributed by atoms with Crippen LogP contribution in [-0.2, 0) is 21.2 Å². The molecule has 2 aliphatic carbocycles. The summed E-state index contributed by atoms with van der Waals surface area (Å²) in [5, 5.41) is 10.5. The van der Waals surface area contributed by atoms with Crippen LogP contribution in [0, 0.1) is 34.6 Å². The van der Waals surface area contributed by atoms with Gasteiger partial charge >= 0.3 is 5.76 Å². The number of carbonyl (C=O) groups excluding carboxylic acids is 1. The molecule has 1 amide bonds. The van der Waals surface area contributed by atoms with Crippen molar-refractivity contribution in [3.05, 3.63) is 59.2 Å². The van der Waals surface area contributed by atoms with E-state index >= 15 is 4.39 Å². The molecule has 0 radical (unpaired) electrons. The number of benzene rings is 2. The first-order valence-electron chi connectivity index (χ1n) is 12.0. The van der Waals surface area contributed by atoms with E-state index in [2.05, 4.69) is 0 Å². The van der Waals surface area contributed by atoms with E-state index in [1.165, 1.54) is 4.90 Å². The van der Waals surface area contributed by atoms with Crippen LogP contribution in [0.4, 0.5) is 26.3 Å². The zero-order valence-electron chi connectivity index (χ0n) is 19.8. The molecule has 38 heavy (non-hydrogen) atoms. The third-order valence-electron chi connectivity index (χ3n) is 7.67. The fourth-order valence-electron chi connectivity index (χ4n) is 5.40. The second-order valence-corrected chi connectivity index (χ2v) is 12.1. The summed E-state index contributed by atoms with van der Waals surface area (Å²) in [6.07, 6.45) is 0.0804. The lowest BCUT2D eigenvalue weighted by atomic mass is 9.91. The summed E-state index contributed by atoms with van der Waals surface area (Å²) >= 11 is 0. The van der Waals surface area contributed by atoms with Crippen molar-refractivity contribution in [2.45, 2.75) is 56.0 Å². The van der Waals surface area contributed by atoms with E-state index < -0.39 is 80.5 Å². The van der Waals surface area contributed by atoms with Crippen molar-refractivity contribution < 1.29 is 44.7 Å². The second kappa shape index (κ2) is 9.53. The maximum Gasteiger partial charge on any atom is 0.350 e. The number of nitrogens with zero attached hydrogens (tertiary/aromatic N) is 1. The van der Waals surface area contributed by atoms with Gasteiger partial charge in [-0.3, -0.25) is 4.79 Å². The number of sulfonamides is 1. The van der Waals surface area contributed by atoms with Crippen LogP contribution in [0.15, 0.2) is 30.3 Å². The number of rotatable bonds is 8. The van der Waals surface area contributed by atoms with Crippen LogP contribution >= 0.6 is 0 Å². The number of hydrogen-bond acceptors (Lipinski definition) is 4. The highest BCUT2D eigenvalue weighted by molar-refractivity contribution is 7.89. The molecule has 3 atom stereocenters. The van der Waals surface area contributed by atoms with Crippen molar-refractivity contribution >= 4 is 15.9 Å². The quantitative estimate of drug-likeness (QED) is 0.481. The van der Waals surface area contributed by atoms with Crippen molar-refractivity contribution in [2.75, 3.05) is 6.54 Å². The van der Waals surface area contributed by atoms with E-state index in [1.54, 1.807) is 0 Å². The number of halogens is 6. The zero-order valence-corrected chi connectivity index (χ0v) is 20.6. The molecule has 3 aliphatic rings. The highest BCUT2D eigenvalue weighted by Crippen LogP contribution is 2.56. The van der Waals surface area contributed by atoms with E-state index in [4.69, 9.17) is 0 Å². The molecule has 0 bridgehead atoms. The Morgan fingerprint density at radius 1 is 1.03 bits per heavy atom. The average molecular weight is 563 g/mol. The summed E-state index contributed by atoms with van der Waals surface area (Å²) in [7, 11) is -5.13. The summed E-state index contributed by atoms with van der Waals surface area (Å²) in [5.74, 6) is -8.89. The second-order valence-electron chi connectivity index (χ2n) is 10.4. The van der Waals surface area contributed by atoms with Gasteiger partial charge in [-0.1, -0.05) is 0 Å². The largest absolute Gasteiger partial charge is 0.383 e. The van der Waals surface area contributed by atoms with Gasteiger partial charge in [0, 0.05) is 29.6 Å². The van der Waals surface area contributed by atoms with Gasteiger partial charge in [-0.05, 0) is 73.4 Å². The molecule has 3 fully saturated rings. The van der Waals surface area contributed by atoms with Crippen molar-refractivity contribution in [3.63, 3.8) is 0 Å².